The molecular formula is C11H10N2O4. The fraction of sp³-hybridized carbons (Fsp3) is 0.182. The van der Waals surface area contributed by atoms with Crippen LogP contribution in [-0.2, 0) is 4.74 Å². The summed E-state index contributed by atoms with van der Waals surface area (Å²) in [4.78, 5) is 38.8. The Morgan fingerprint density at radius 2 is 2.06 bits per heavy atom. The molecule has 0 unspecified atom stereocenters. The smallest absolute Gasteiger partial charge is 0.340 e. The van der Waals surface area contributed by atoms with Gasteiger partial charge in [0.05, 0.1) is 23.1 Å². The third-order valence-corrected chi connectivity index (χ3v) is 2.27. The average Bonchev–Trinajstić information content (AvgIpc) is 2.28. The van der Waals surface area contributed by atoms with Gasteiger partial charge in [-0.05, 0) is 19.1 Å². The number of carbonyl (C=O) groups is 1. The van der Waals surface area contributed by atoms with Gasteiger partial charge in [0.1, 0.15) is 0 Å². The Balaban J connectivity index is 2.77. The van der Waals surface area contributed by atoms with Crippen molar-refractivity contribution in [2.45, 2.75) is 6.92 Å². The quantitative estimate of drug-likeness (QED) is 0.735. The molecule has 0 fully saturated rings. The number of rotatable bonds is 2. The first kappa shape index (κ1) is 11.1. The molecule has 1 heterocycles. The SMILES string of the molecule is CCOC(=O)c1cccc2c(=O)[nH]c(=O)[nH]c12. The lowest BCUT2D eigenvalue weighted by Gasteiger charge is -2.04. The molecule has 0 aliphatic rings. The van der Waals surface area contributed by atoms with Gasteiger partial charge in [-0.1, -0.05) is 6.07 Å². The molecule has 1 aromatic carbocycles. The van der Waals surface area contributed by atoms with E-state index in [0.717, 1.165) is 0 Å². The Hall–Kier alpha value is -2.37. The maximum atomic E-state index is 11.6. The Morgan fingerprint density at radius 3 is 2.76 bits per heavy atom. The number of benzene rings is 1. The second kappa shape index (κ2) is 4.25. The van der Waals surface area contributed by atoms with Gasteiger partial charge in [-0.25, -0.2) is 9.59 Å². The summed E-state index contributed by atoms with van der Waals surface area (Å²) in [6.07, 6.45) is 0. The van der Waals surface area contributed by atoms with Crippen molar-refractivity contribution in [1.29, 1.82) is 0 Å². The lowest BCUT2D eigenvalue weighted by atomic mass is 10.1. The van der Waals surface area contributed by atoms with Gasteiger partial charge in [-0.15, -0.1) is 0 Å². The van der Waals surface area contributed by atoms with Gasteiger partial charge in [-0.2, -0.15) is 0 Å². The number of para-hydroxylation sites is 1. The molecule has 6 nitrogen and oxygen atoms in total. The Bertz CT molecular complexity index is 684. The molecular weight excluding hydrogens is 224 g/mol. The normalized spacial score (nSPS) is 10.4. The summed E-state index contributed by atoms with van der Waals surface area (Å²) in [5, 5.41) is 0.246. The molecule has 0 aliphatic heterocycles. The van der Waals surface area contributed by atoms with Crippen molar-refractivity contribution in [1.82, 2.24) is 9.97 Å². The second-order valence-corrected chi connectivity index (χ2v) is 3.36. The number of aromatic amines is 2. The van der Waals surface area contributed by atoms with Gasteiger partial charge in [0.25, 0.3) is 5.56 Å². The number of H-pyrrole nitrogens is 2. The van der Waals surface area contributed by atoms with E-state index in [2.05, 4.69) is 9.97 Å². The van der Waals surface area contributed by atoms with E-state index in [1.807, 2.05) is 0 Å². The summed E-state index contributed by atoms with van der Waals surface area (Å²) in [5.41, 5.74) is -0.818. The number of aromatic nitrogens is 2. The average molecular weight is 234 g/mol. The second-order valence-electron chi connectivity index (χ2n) is 3.36. The van der Waals surface area contributed by atoms with Crippen LogP contribution in [0.2, 0.25) is 0 Å². The maximum absolute atomic E-state index is 11.6. The molecule has 88 valence electrons. The lowest BCUT2D eigenvalue weighted by molar-refractivity contribution is 0.0528. The first-order chi connectivity index (χ1) is 8.13. The van der Waals surface area contributed by atoms with Crippen LogP contribution < -0.4 is 11.2 Å². The third kappa shape index (κ3) is 1.96. The largest absolute Gasteiger partial charge is 0.462 e. The van der Waals surface area contributed by atoms with E-state index in [-0.39, 0.29) is 23.1 Å². The minimum atomic E-state index is -0.653. The van der Waals surface area contributed by atoms with Gasteiger partial charge in [0.15, 0.2) is 0 Å². The van der Waals surface area contributed by atoms with Gasteiger partial charge in [0.2, 0.25) is 0 Å². The molecule has 0 spiro atoms. The van der Waals surface area contributed by atoms with Crippen molar-refractivity contribution in [2.24, 2.45) is 0 Å². The van der Waals surface area contributed by atoms with E-state index in [1.54, 1.807) is 13.0 Å². The van der Waals surface area contributed by atoms with Crippen molar-refractivity contribution in [3.63, 3.8) is 0 Å². The van der Waals surface area contributed by atoms with Gasteiger partial charge < -0.3 is 9.72 Å². The van der Waals surface area contributed by atoms with Gasteiger partial charge in [-0.3, -0.25) is 9.78 Å². The predicted octanol–water partition coefficient (Wildman–Crippen LogP) is 0.393. The highest BCUT2D eigenvalue weighted by molar-refractivity contribution is 6.02. The summed E-state index contributed by atoms with van der Waals surface area (Å²) < 4.78 is 4.84. The Morgan fingerprint density at radius 1 is 1.29 bits per heavy atom. The van der Waals surface area contributed by atoms with Crippen molar-refractivity contribution < 1.29 is 9.53 Å². The van der Waals surface area contributed by atoms with Crippen LogP contribution in [0.3, 0.4) is 0 Å². The summed E-state index contributed by atoms with van der Waals surface area (Å²) in [7, 11) is 0. The molecule has 17 heavy (non-hydrogen) atoms. The van der Waals surface area contributed by atoms with Crippen LogP contribution in [-0.4, -0.2) is 22.5 Å². The fourth-order valence-electron chi connectivity index (χ4n) is 1.57. The number of fused-ring (bicyclic) bond motifs is 1. The molecule has 0 bridgehead atoms. The summed E-state index contributed by atoms with van der Waals surface area (Å²) in [6, 6.07) is 4.57. The van der Waals surface area contributed by atoms with Gasteiger partial charge >= 0.3 is 11.7 Å². The van der Waals surface area contributed by atoms with Crippen LogP contribution >= 0.6 is 0 Å². The number of ether oxygens (including phenoxy) is 1. The molecule has 2 rings (SSSR count). The number of hydrogen-bond acceptors (Lipinski definition) is 4. The molecule has 0 amide bonds. The predicted molar refractivity (Wildman–Crippen MR) is 61.1 cm³/mol. The van der Waals surface area contributed by atoms with Crippen LogP contribution in [0.15, 0.2) is 27.8 Å². The van der Waals surface area contributed by atoms with E-state index in [1.165, 1.54) is 12.1 Å². The molecule has 6 heteroatoms. The highest BCUT2D eigenvalue weighted by Gasteiger charge is 2.13. The molecule has 1 aromatic heterocycles. The van der Waals surface area contributed by atoms with Crippen LogP contribution in [0.25, 0.3) is 10.9 Å². The number of carbonyl (C=O) groups excluding carboxylic acids is 1. The molecule has 2 aromatic rings. The van der Waals surface area contributed by atoms with Crippen LogP contribution in [0.4, 0.5) is 0 Å². The van der Waals surface area contributed by atoms with E-state index >= 15 is 0 Å². The minimum absolute atomic E-state index is 0.174. The van der Waals surface area contributed by atoms with Crippen LogP contribution in [0, 0.1) is 0 Å². The zero-order valence-electron chi connectivity index (χ0n) is 9.07. The zero-order valence-corrected chi connectivity index (χ0v) is 9.07. The van der Waals surface area contributed by atoms with Crippen LogP contribution in [0.1, 0.15) is 17.3 Å². The highest BCUT2D eigenvalue weighted by atomic mass is 16.5. The maximum Gasteiger partial charge on any atom is 0.340 e. The number of hydrogen-bond donors (Lipinski definition) is 2. The summed E-state index contributed by atoms with van der Waals surface area (Å²) in [6.45, 7) is 1.90. The fourth-order valence-corrected chi connectivity index (χ4v) is 1.57. The minimum Gasteiger partial charge on any atom is -0.462 e. The summed E-state index contributed by atoms with van der Waals surface area (Å²) in [5.74, 6) is -0.570. The highest BCUT2D eigenvalue weighted by Crippen LogP contribution is 2.12. The number of esters is 1. The molecule has 0 saturated carbocycles. The van der Waals surface area contributed by atoms with Crippen molar-refractivity contribution >= 4 is 16.9 Å². The third-order valence-electron chi connectivity index (χ3n) is 2.27. The Kier molecular flexibility index (Phi) is 2.78. The van der Waals surface area contributed by atoms with E-state index in [9.17, 15) is 14.4 Å². The van der Waals surface area contributed by atoms with Crippen molar-refractivity contribution in [2.75, 3.05) is 6.61 Å². The first-order valence-electron chi connectivity index (χ1n) is 5.06. The topological polar surface area (TPSA) is 92.0 Å². The van der Waals surface area contributed by atoms with Crippen molar-refractivity contribution in [3.8, 4) is 0 Å². The molecule has 2 N–H and O–H groups in total. The van der Waals surface area contributed by atoms with Gasteiger partial charge in [0, 0.05) is 0 Å². The van der Waals surface area contributed by atoms with E-state index < -0.39 is 17.2 Å². The first-order valence-corrected chi connectivity index (χ1v) is 5.06. The van der Waals surface area contributed by atoms with E-state index in [4.69, 9.17) is 4.74 Å². The standard InChI is InChI=1S/C11H10N2O4/c1-2-17-10(15)7-5-3-4-6-8(7)12-11(16)13-9(6)14/h3-5H,2H2,1H3,(H2,12,13,14,16). The monoisotopic (exact) mass is 234 g/mol. The Labute approximate surface area is 95.2 Å². The van der Waals surface area contributed by atoms with Crippen molar-refractivity contribution in [3.05, 3.63) is 44.6 Å². The zero-order chi connectivity index (χ0) is 12.4. The number of nitrogens with one attached hydrogen (secondary N) is 2. The lowest BCUT2D eigenvalue weighted by Crippen LogP contribution is -2.23. The van der Waals surface area contributed by atoms with E-state index in [0.29, 0.717) is 0 Å². The molecule has 0 aliphatic carbocycles. The summed E-state index contributed by atoms with van der Waals surface area (Å²) >= 11 is 0. The molecule has 0 atom stereocenters. The molecule has 0 radical (unpaired) electrons. The molecule has 0 saturated heterocycles. The van der Waals surface area contributed by atoms with Crippen LogP contribution in [0.5, 0.6) is 0 Å².